The molecular formula is C21H23NO6S. The Bertz CT molecular complexity index is 991. The zero-order valence-corrected chi connectivity index (χ0v) is 16.6. The van der Waals surface area contributed by atoms with Gasteiger partial charge in [0.1, 0.15) is 6.10 Å². The Morgan fingerprint density at radius 1 is 1.14 bits per heavy atom. The Labute approximate surface area is 169 Å². The second-order valence-electron chi connectivity index (χ2n) is 7.40. The van der Waals surface area contributed by atoms with Crippen LogP contribution in [-0.2, 0) is 21.2 Å². The summed E-state index contributed by atoms with van der Waals surface area (Å²) >= 11 is 0. The number of hydrogen-bond donors (Lipinski definition) is 2. The van der Waals surface area contributed by atoms with Crippen molar-refractivity contribution in [2.75, 3.05) is 12.4 Å². The predicted molar refractivity (Wildman–Crippen MR) is 107 cm³/mol. The number of hydrogen-bond acceptors (Lipinski definition) is 5. The van der Waals surface area contributed by atoms with Crippen molar-refractivity contribution in [3.05, 3.63) is 59.7 Å². The number of aryl methyl sites for hydroxylation is 1. The zero-order valence-electron chi connectivity index (χ0n) is 15.8. The van der Waals surface area contributed by atoms with E-state index in [0.717, 1.165) is 17.5 Å². The molecule has 2 aliphatic rings. The largest absolute Gasteiger partial charge is 0.486 e. The Kier molecular flexibility index (Phi) is 5.47. The molecule has 154 valence electrons. The number of aliphatic carboxylic acids is 1. The van der Waals surface area contributed by atoms with Crippen LogP contribution in [-0.4, -0.2) is 44.0 Å². The number of sulfonamides is 1. The molecule has 1 heterocycles. The molecule has 1 fully saturated rings. The van der Waals surface area contributed by atoms with Gasteiger partial charge in [0.05, 0.1) is 5.75 Å². The van der Waals surface area contributed by atoms with E-state index < -0.39 is 22.6 Å². The van der Waals surface area contributed by atoms with Crippen LogP contribution in [0.3, 0.4) is 0 Å². The van der Waals surface area contributed by atoms with Crippen LogP contribution in [0.25, 0.3) is 0 Å². The van der Waals surface area contributed by atoms with Gasteiger partial charge in [-0.3, -0.25) is 0 Å². The van der Waals surface area contributed by atoms with Crippen molar-refractivity contribution >= 4 is 16.0 Å². The molecule has 0 bridgehead atoms. The number of benzene rings is 2. The molecule has 1 saturated carbocycles. The van der Waals surface area contributed by atoms with Crippen LogP contribution in [0, 0.1) is 0 Å². The van der Waals surface area contributed by atoms with E-state index >= 15 is 0 Å². The lowest BCUT2D eigenvalue weighted by Gasteiger charge is -2.19. The van der Waals surface area contributed by atoms with Gasteiger partial charge in [0.2, 0.25) is 10.0 Å². The molecule has 2 aromatic carbocycles. The summed E-state index contributed by atoms with van der Waals surface area (Å²) in [5, 5.41) is 8.84. The van der Waals surface area contributed by atoms with E-state index in [1.807, 2.05) is 36.4 Å². The fourth-order valence-corrected chi connectivity index (χ4v) is 5.50. The number of para-hydroxylation sites is 1. The topological polar surface area (TPSA) is 102 Å². The van der Waals surface area contributed by atoms with E-state index in [1.54, 1.807) is 12.1 Å². The smallest absolute Gasteiger partial charge is 0.341 e. The van der Waals surface area contributed by atoms with E-state index in [4.69, 9.17) is 14.6 Å². The summed E-state index contributed by atoms with van der Waals surface area (Å²) in [5.41, 5.74) is 1.85. The maximum Gasteiger partial charge on any atom is 0.341 e. The molecule has 29 heavy (non-hydrogen) atoms. The third-order valence-electron chi connectivity index (χ3n) is 5.42. The van der Waals surface area contributed by atoms with Gasteiger partial charge in [0, 0.05) is 17.5 Å². The van der Waals surface area contributed by atoms with Crippen LogP contribution < -0.4 is 14.2 Å². The maximum absolute atomic E-state index is 12.7. The van der Waals surface area contributed by atoms with Crippen LogP contribution in [0.15, 0.2) is 48.5 Å². The normalized spacial score (nSPS) is 22.6. The molecule has 0 radical (unpaired) electrons. The first-order valence-corrected chi connectivity index (χ1v) is 11.3. The minimum atomic E-state index is -3.45. The molecule has 3 atom stereocenters. The fourth-order valence-electron chi connectivity index (χ4n) is 4.16. The number of carbonyl (C=O) groups is 1. The summed E-state index contributed by atoms with van der Waals surface area (Å²) in [5.74, 6) is -0.239. The molecule has 7 nitrogen and oxygen atoms in total. The third-order valence-corrected chi connectivity index (χ3v) is 6.82. The van der Waals surface area contributed by atoms with Crippen LogP contribution in [0.5, 0.6) is 11.5 Å². The van der Waals surface area contributed by atoms with Crippen molar-refractivity contribution < 1.29 is 27.8 Å². The second-order valence-corrected chi connectivity index (χ2v) is 9.27. The molecule has 3 unspecified atom stereocenters. The van der Waals surface area contributed by atoms with Crippen LogP contribution >= 0.6 is 0 Å². The minimum Gasteiger partial charge on any atom is -0.486 e. The van der Waals surface area contributed by atoms with Gasteiger partial charge in [-0.1, -0.05) is 42.5 Å². The summed E-state index contributed by atoms with van der Waals surface area (Å²) in [6, 6.07) is 14.6. The van der Waals surface area contributed by atoms with Crippen LogP contribution in [0.2, 0.25) is 0 Å². The Morgan fingerprint density at radius 2 is 1.93 bits per heavy atom. The first-order valence-electron chi connectivity index (χ1n) is 9.61. The molecule has 1 aliphatic heterocycles. The number of carboxylic acids is 1. The Morgan fingerprint density at radius 3 is 2.69 bits per heavy atom. The Balaban J connectivity index is 1.47. The van der Waals surface area contributed by atoms with Crippen molar-refractivity contribution in [3.8, 4) is 11.5 Å². The van der Waals surface area contributed by atoms with Gasteiger partial charge in [-0.15, -0.1) is 0 Å². The molecule has 2 aromatic rings. The van der Waals surface area contributed by atoms with Gasteiger partial charge in [0.15, 0.2) is 18.1 Å². The maximum atomic E-state index is 12.7. The quantitative estimate of drug-likeness (QED) is 0.684. The second kappa shape index (κ2) is 8.04. The molecule has 1 aliphatic carbocycles. The van der Waals surface area contributed by atoms with E-state index in [0.29, 0.717) is 24.3 Å². The van der Waals surface area contributed by atoms with Crippen LogP contribution in [0.4, 0.5) is 0 Å². The van der Waals surface area contributed by atoms with Gasteiger partial charge < -0.3 is 14.6 Å². The number of nitrogens with one attached hydrogen (secondary N) is 1. The first kappa shape index (κ1) is 19.7. The monoisotopic (exact) mass is 417 g/mol. The molecule has 2 N–H and O–H groups in total. The Hall–Kier alpha value is -2.58. The van der Waals surface area contributed by atoms with Crippen molar-refractivity contribution in [2.45, 2.75) is 37.3 Å². The number of carboxylic acid groups (broad SMARTS) is 1. The van der Waals surface area contributed by atoms with E-state index in [2.05, 4.69) is 4.72 Å². The molecule has 4 rings (SSSR count). The minimum absolute atomic E-state index is 0.0282. The number of fused-ring (bicyclic) bond motifs is 3. The summed E-state index contributed by atoms with van der Waals surface area (Å²) < 4.78 is 39.5. The highest BCUT2D eigenvalue weighted by Crippen LogP contribution is 2.50. The standard InChI is InChI=1S/C21H23NO6S/c23-19(24)13-27-18-8-4-7-15-20-16(9-10-17(20)28-21(15)18)22-29(25,26)12-11-14-5-2-1-3-6-14/h1-8,16-17,20,22H,9-13H2,(H,23,24). The van der Waals surface area contributed by atoms with E-state index in [-0.39, 0.29) is 23.8 Å². The predicted octanol–water partition coefficient (Wildman–Crippen LogP) is 2.32. The van der Waals surface area contributed by atoms with Gasteiger partial charge in [0.25, 0.3) is 0 Å². The number of ether oxygens (including phenoxy) is 2. The highest BCUT2D eigenvalue weighted by molar-refractivity contribution is 7.89. The van der Waals surface area contributed by atoms with Gasteiger partial charge in [-0.05, 0) is 30.9 Å². The first-order chi connectivity index (χ1) is 13.9. The van der Waals surface area contributed by atoms with Gasteiger partial charge >= 0.3 is 5.97 Å². The zero-order chi connectivity index (χ0) is 20.4. The summed E-state index contributed by atoms with van der Waals surface area (Å²) in [6.45, 7) is -0.454. The van der Waals surface area contributed by atoms with Crippen molar-refractivity contribution in [1.82, 2.24) is 4.72 Å². The van der Waals surface area contributed by atoms with Gasteiger partial charge in [-0.25, -0.2) is 17.9 Å². The lowest BCUT2D eigenvalue weighted by Crippen LogP contribution is -2.39. The summed E-state index contributed by atoms with van der Waals surface area (Å²) in [6.07, 6.45) is 1.74. The summed E-state index contributed by atoms with van der Waals surface area (Å²) in [7, 11) is -3.45. The molecule has 8 heteroatoms. The molecule has 0 aromatic heterocycles. The molecule has 0 spiro atoms. The fraction of sp³-hybridized carbons (Fsp3) is 0.381. The van der Waals surface area contributed by atoms with Crippen molar-refractivity contribution in [3.63, 3.8) is 0 Å². The lowest BCUT2D eigenvalue weighted by molar-refractivity contribution is -0.139. The third kappa shape index (κ3) is 4.38. The average molecular weight is 417 g/mol. The molecular weight excluding hydrogens is 394 g/mol. The van der Waals surface area contributed by atoms with E-state index in [9.17, 15) is 13.2 Å². The van der Waals surface area contributed by atoms with Gasteiger partial charge in [-0.2, -0.15) is 0 Å². The van der Waals surface area contributed by atoms with Crippen LogP contribution in [0.1, 0.15) is 29.9 Å². The lowest BCUT2D eigenvalue weighted by atomic mass is 9.94. The average Bonchev–Trinajstić information content (AvgIpc) is 3.25. The van der Waals surface area contributed by atoms with Crippen molar-refractivity contribution in [1.29, 1.82) is 0 Å². The highest BCUT2D eigenvalue weighted by atomic mass is 32.2. The highest BCUT2D eigenvalue weighted by Gasteiger charge is 2.46. The van der Waals surface area contributed by atoms with Crippen molar-refractivity contribution in [2.24, 2.45) is 0 Å². The van der Waals surface area contributed by atoms with E-state index in [1.165, 1.54) is 0 Å². The molecule has 0 amide bonds. The number of rotatable bonds is 8. The SMILES string of the molecule is O=C(O)COc1cccc2c1OC1CCC(NS(=O)(=O)CCc3ccccc3)C21. The molecule has 0 saturated heterocycles. The summed E-state index contributed by atoms with van der Waals surface area (Å²) in [4.78, 5) is 10.8.